The second-order valence-corrected chi connectivity index (χ2v) is 2.43. The number of hydrogen-bond donors (Lipinski definition) is 2. The van der Waals surface area contributed by atoms with Crippen molar-refractivity contribution in [3.05, 3.63) is 23.7 Å². The summed E-state index contributed by atoms with van der Waals surface area (Å²) in [5.41, 5.74) is 1.15. The first-order chi connectivity index (χ1) is 5.34. The average molecular weight is 155 g/mol. The molecule has 0 saturated carbocycles. The molecule has 2 N–H and O–H groups in total. The minimum absolute atomic E-state index is 0.166. The molecule has 0 bridgehead atoms. The molecule has 0 amide bonds. The Morgan fingerprint density at radius 3 is 3.00 bits per heavy atom. The smallest absolute Gasteiger partial charge is 0.120 e. The summed E-state index contributed by atoms with van der Waals surface area (Å²) in [6.07, 6.45) is 1.67. The van der Waals surface area contributed by atoms with Crippen LogP contribution in [0.5, 0.6) is 0 Å². The van der Waals surface area contributed by atoms with Crippen molar-refractivity contribution in [2.45, 2.75) is 13.5 Å². The quantitative estimate of drug-likeness (QED) is 0.628. The molecule has 1 aromatic heterocycles. The normalized spacial score (nSPS) is 10.4. The highest BCUT2D eigenvalue weighted by atomic mass is 16.3. The summed E-state index contributed by atoms with van der Waals surface area (Å²) in [7, 11) is 0. The highest BCUT2D eigenvalue weighted by Crippen LogP contribution is 2.07. The van der Waals surface area contributed by atoms with Crippen LogP contribution in [0.3, 0.4) is 0 Å². The molecule has 0 aliphatic heterocycles. The first kappa shape index (κ1) is 8.30. The standard InChI is InChI=1S/C8H13NO2/c1-7-2-5-11-8(7)6-9-3-4-10/h2,5,9-10H,3-4,6H2,1H3. The van der Waals surface area contributed by atoms with Gasteiger partial charge in [-0.05, 0) is 18.6 Å². The third-order valence-electron chi connectivity index (χ3n) is 1.54. The maximum atomic E-state index is 8.47. The van der Waals surface area contributed by atoms with Gasteiger partial charge in [0.2, 0.25) is 0 Å². The van der Waals surface area contributed by atoms with Crippen LogP contribution in [0, 0.1) is 6.92 Å². The second kappa shape index (κ2) is 4.16. The summed E-state index contributed by atoms with van der Waals surface area (Å²) in [5, 5.41) is 11.5. The molecule has 3 nitrogen and oxygen atoms in total. The van der Waals surface area contributed by atoms with Crippen LogP contribution in [0.15, 0.2) is 16.7 Å². The molecule has 62 valence electrons. The van der Waals surface area contributed by atoms with E-state index in [-0.39, 0.29) is 6.61 Å². The number of rotatable bonds is 4. The lowest BCUT2D eigenvalue weighted by molar-refractivity contribution is 0.289. The van der Waals surface area contributed by atoms with Crippen molar-refractivity contribution in [3.8, 4) is 0 Å². The molecule has 11 heavy (non-hydrogen) atoms. The fourth-order valence-electron chi connectivity index (χ4n) is 0.866. The molecule has 1 rings (SSSR count). The average Bonchev–Trinajstić information content (AvgIpc) is 2.37. The van der Waals surface area contributed by atoms with Crippen molar-refractivity contribution in [2.24, 2.45) is 0 Å². The minimum atomic E-state index is 0.166. The van der Waals surface area contributed by atoms with Gasteiger partial charge in [-0.1, -0.05) is 0 Å². The molecule has 0 aliphatic rings. The van der Waals surface area contributed by atoms with Gasteiger partial charge in [0.05, 0.1) is 19.4 Å². The number of aliphatic hydroxyl groups is 1. The summed E-state index contributed by atoms with van der Waals surface area (Å²) < 4.78 is 5.17. The van der Waals surface area contributed by atoms with Gasteiger partial charge in [-0.2, -0.15) is 0 Å². The number of furan rings is 1. The SMILES string of the molecule is Cc1ccoc1CNCCO. The molecular weight excluding hydrogens is 142 g/mol. The van der Waals surface area contributed by atoms with Crippen LogP contribution in [-0.4, -0.2) is 18.3 Å². The zero-order valence-corrected chi connectivity index (χ0v) is 6.63. The van der Waals surface area contributed by atoms with Crippen LogP contribution < -0.4 is 5.32 Å². The summed E-state index contributed by atoms with van der Waals surface area (Å²) in [6, 6.07) is 1.93. The maximum Gasteiger partial charge on any atom is 0.120 e. The highest BCUT2D eigenvalue weighted by Gasteiger charge is 1.98. The van der Waals surface area contributed by atoms with E-state index < -0.39 is 0 Å². The number of hydrogen-bond acceptors (Lipinski definition) is 3. The number of aliphatic hydroxyl groups excluding tert-OH is 1. The third kappa shape index (κ3) is 2.37. The Hall–Kier alpha value is -0.800. The van der Waals surface area contributed by atoms with Crippen molar-refractivity contribution in [3.63, 3.8) is 0 Å². The third-order valence-corrected chi connectivity index (χ3v) is 1.54. The zero-order chi connectivity index (χ0) is 8.10. The van der Waals surface area contributed by atoms with Gasteiger partial charge in [-0.15, -0.1) is 0 Å². The minimum Gasteiger partial charge on any atom is -0.468 e. The van der Waals surface area contributed by atoms with Crippen LogP contribution >= 0.6 is 0 Å². The van der Waals surface area contributed by atoms with Crippen LogP contribution in [0.25, 0.3) is 0 Å². The van der Waals surface area contributed by atoms with Gasteiger partial charge in [0, 0.05) is 6.54 Å². The van der Waals surface area contributed by atoms with Gasteiger partial charge < -0.3 is 14.8 Å². The topological polar surface area (TPSA) is 45.4 Å². The van der Waals surface area contributed by atoms with Crippen molar-refractivity contribution in [1.82, 2.24) is 5.32 Å². The molecule has 3 heteroatoms. The van der Waals surface area contributed by atoms with Crippen molar-refractivity contribution < 1.29 is 9.52 Å². The summed E-state index contributed by atoms with van der Waals surface area (Å²) in [4.78, 5) is 0. The van der Waals surface area contributed by atoms with Gasteiger partial charge in [0.25, 0.3) is 0 Å². The van der Waals surface area contributed by atoms with Crippen molar-refractivity contribution in [1.29, 1.82) is 0 Å². The molecule has 0 aromatic carbocycles. The number of aryl methyl sites for hydroxylation is 1. The molecule has 0 radical (unpaired) electrons. The van der Waals surface area contributed by atoms with E-state index in [1.54, 1.807) is 6.26 Å². The maximum absolute atomic E-state index is 8.47. The van der Waals surface area contributed by atoms with Crippen molar-refractivity contribution in [2.75, 3.05) is 13.2 Å². The van der Waals surface area contributed by atoms with Crippen LogP contribution in [0.2, 0.25) is 0 Å². The van der Waals surface area contributed by atoms with Crippen molar-refractivity contribution >= 4 is 0 Å². The fraction of sp³-hybridized carbons (Fsp3) is 0.500. The van der Waals surface area contributed by atoms with Crippen LogP contribution in [-0.2, 0) is 6.54 Å². The predicted octanol–water partition coefficient (Wildman–Crippen LogP) is 0.670. The molecule has 0 spiro atoms. The van der Waals surface area contributed by atoms with E-state index in [1.165, 1.54) is 0 Å². The lowest BCUT2D eigenvalue weighted by Gasteiger charge is -1.99. The molecule has 1 heterocycles. The molecule has 0 atom stereocenters. The molecule has 0 unspecified atom stereocenters. The lowest BCUT2D eigenvalue weighted by Crippen LogP contribution is -2.17. The summed E-state index contributed by atoms with van der Waals surface area (Å²) in [5.74, 6) is 0.943. The molecule has 0 fully saturated rings. The predicted molar refractivity (Wildman–Crippen MR) is 42.2 cm³/mol. The van der Waals surface area contributed by atoms with Gasteiger partial charge in [-0.25, -0.2) is 0 Å². The molecule has 1 aromatic rings. The highest BCUT2D eigenvalue weighted by molar-refractivity contribution is 5.13. The summed E-state index contributed by atoms with van der Waals surface area (Å²) in [6.45, 7) is 3.47. The van der Waals surface area contributed by atoms with Gasteiger partial charge in [0.15, 0.2) is 0 Å². The Kier molecular flexibility index (Phi) is 3.14. The van der Waals surface area contributed by atoms with Gasteiger partial charge in [0.1, 0.15) is 5.76 Å². The van der Waals surface area contributed by atoms with E-state index in [4.69, 9.17) is 9.52 Å². The Bertz CT molecular complexity index is 208. The van der Waals surface area contributed by atoms with Crippen LogP contribution in [0.1, 0.15) is 11.3 Å². The largest absolute Gasteiger partial charge is 0.468 e. The number of nitrogens with one attached hydrogen (secondary N) is 1. The monoisotopic (exact) mass is 155 g/mol. The Balaban J connectivity index is 2.32. The van der Waals surface area contributed by atoms with E-state index in [2.05, 4.69) is 5.32 Å². The summed E-state index contributed by atoms with van der Waals surface area (Å²) >= 11 is 0. The van der Waals surface area contributed by atoms with E-state index in [1.807, 2.05) is 13.0 Å². The van der Waals surface area contributed by atoms with Crippen LogP contribution in [0.4, 0.5) is 0 Å². The lowest BCUT2D eigenvalue weighted by atomic mass is 10.3. The second-order valence-electron chi connectivity index (χ2n) is 2.43. The Labute approximate surface area is 66.0 Å². The van der Waals surface area contributed by atoms with E-state index >= 15 is 0 Å². The Morgan fingerprint density at radius 2 is 2.45 bits per heavy atom. The first-order valence-electron chi connectivity index (χ1n) is 3.69. The Morgan fingerprint density at radius 1 is 1.64 bits per heavy atom. The van der Waals surface area contributed by atoms with Gasteiger partial charge >= 0.3 is 0 Å². The van der Waals surface area contributed by atoms with E-state index in [9.17, 15) is 0 Å². The molecular formula is C8H13NO2. The van der Waals surface area contributed by atoms with E-state index in [0.29, 0.717) is 13.1 Å². The zero-order valence-electron chi connectivity index (χ0n) is 6.63. The molecule has 0 saturated heterocycles. The fourth-order valence-corrected chi connectivity index (χ4v) is 0.866. The van der Waals surface area contributed by atoms with Gasteiger partial charge in [-0.3, -0.25) is 0 Å². The first-order valence-corrected chi connectivity index (χ1v) is 3.69. The molecule has 0 aliphatic carbocycles. The van der Waals surface area contributed by atoms with E-state index in [0.717, 1.165) is 11.3 Å².